The zero-order valence-corrected chi connectivity index (χ0v) is 9.24. The van der Waals surface area contributed by atoms with Gasteiger partial charge in [0.25, 0.3) is 0 Å². The van der Waals surface area contributed by atoms with E-state index in [4.69, 9.17) is 0 Å². The summed E-state index contributed by atoms with van der Waals surface area (Å²) in [4.78, 5) is 2.23. The maximum atomic E-state index is 4.39. The summed E-state index contributed by atoms with van der Waals surface area (Å²) in [5, 5.41) is 15.6. The Morgan fingerprint density at radius 1 is 1.31 bits per heavy atom. The Kier molecular flexibility index (Phi) is 2.19. The molecular weight excluding hydrogens is 204 g/mol. The van der Waals surface area contributed by atoms with Crippen LogP contribution in [0.15, 0.2) is 12.1 Å². The Morgan fingerprint density at radius 3 is 2.94 bits per heavy atom. The molecule has 2 heterocycles. The van der Waals surface area contributed by atoms with Gasteiger partial charge in [-0.2, -0.15) is 0 Å². The van der Waals surface area contributed by atoms with Gasteiger partial charge in [0.15, 0.2) is 11.5 Å². The molecule has 6 heteroatoms. The Balaban J connectivity index is 1.91. The SMILES string of the molecule is CN(c1ccc2nnnn2n1)C1CCCC1. The van der Waals surface area contributed by atoms with Crippen LogP contribution in [0.25, 0.3) is 5.65 Å². The van der Waals surface area contributed by atoms with Crippen LogP contribution < -0.4 is 4.90 Å². The lowest BCUT2D eigenvalue weighted by atomic mass is 10.2. The summed E-state index contributed by atoms with van der Waals surface area (Å²) < 4.78 is 1.47. The van der Waals surface area contributed by atoms with Crippen molar-refractivity contribution >= 4 is 11.5 Å². The van der Waals surface area contributed by atoms with Crippen LogP contribution in [0, 0.1) is 0 Å². The second kappa shape index (κ2) is 3.70. The zero-order valence-electron chi connectivity index (χ0n) is 9.24. The molecule has 1 aliphatic rings. The highest BCUT2D eigenvalue weighted by Crippen LogP contribution is 2.25. The monoisotopic (exact) mass is 218 g/mol. The van der Waals surface area contributed by atoms with Crippen LogP contribution in [0.4, 0.5) is 5.82 Å². The molecule has 84 valence electrons. The summed E-state index contributed by atoms with van der Waals surface area (Å²) in [6.07, 6.45) is 5.15. The first-order chi connectivity index (χ1) is 7.84. The second-order valence-corrected chi connectivity index (χ2v) is 4.27. The molecule has 0 bridgehead atoms. The quantitative estimate of drug-likeness (QED) is 0.749. The number of aromatic nitrogens is 5. The fraction of sp³-hybridized carbons (Fsp3) is 0.600. The van der Waals surface area contributed by atoms with Gasteiger partial charge in [-0.05, 0) is 35.4 Å². The van der Waals surface area contributed by atoms with Crippen molar-refractivity contribution in [2.24, 2.45) is 0 Å². The minimum Gasteiger partial charge on any atom is -0.355 e. The molecular formula is C10H14N6. The largest absolute Gasteiger partial charge is 0.355 e. The van der Waals surface area contributed by atoms with E-state index in [2.05, 4.69) is 32.6 Å². The highest BCUT2D eigenvalue weighted by molar-refractivity contribution is 5.44. The lowest BCUT2D eigenvalue weighted by molar-refractivity contribution is 0.631. The summed E-state index contributed by atoms with van der Waals surface area (Å²) in [6.45, 7) is 0. The van der Waals surface area contributed by atoms with E-state index < -0.39 is 0 Å². The molecule has 0 aromatic carbocycles. The molecule has 16 heavy (non-hydrogen) atoms. The van der Waals surface area contributed by atoms with Crippen LogP contribution >= 0.6 is 0 Å². The molecule has 1 aliphatic carbocycles. The summed E-state index contributed by atoms with van der Waals surface area (Å²) in [7, 11) is 2.09. The van der Waals surface area contributed by atoms with E-state index in [1.807, 2.05) is 12.1 Å². The third kappa shape index (κ3) is 1.50. The van der Waals surface area contributed by atoms with Crippen molar-refractivity contribution in [2.45, 2.75) is 31.7 Å². The number of tetrazole rings is 1. The van der Waals surface area contributed by atoms with Crippen LogP contribution in [0.3, 0.4) is 0 Å². The van der Waals surface area contributed by atoms with E-state index in [1.165, 1.54) is 30.3 Å². The van der Waals surface area contributed by atoms with Crippen LogP contribution in [0.1, 0.15) is 25.7 Å². The first-order valence-corrected chi connectivity index (χ1v) is 5.63. The Morgan fingerprint density at radius 2 is 2.12 bits per heavy atom. The minimum absolute atomic E-state index is 0.612. The number of hydrogen-bond acceptors (Lipinski definition) is 5. The number of hydrogen-bond donors (Lipinski definition) is 0. The molecule has 6 nitrogen and oxygen atoms in total. The molecule has 0 N–H and O–H groups in total. The van der Waals surface area contributed by atoms with Gasteiger partial charge in [0.05, 0.1) is 0 Å². The molecule has 0 aliphatic heterocycles. The normalized spacial score (nSPS) is 17.1. The smallest absolute Gasteiger partial charge is 0.200 e. The van der Waals surface area contributed by atoms with Crippen molar-refractivity contribution in [2.75, 3.05) is 11.9 Å². The predicted octanol–water partition coefficient (Wildman–Crippen LogP) is 0.898. The first-order valence-electron chi connectivity index (χ1n) is 5.63. The highest BCUT2D eigenvalue weighted by Gasteiger charge is 2.20. The standard InChI is InChI=1S/C10H14N6/c1-15(8-4-2-3-5-8)10-7-6-9-11-13-14-16(9)12-10/h6-8H,2-5H2,1H3. The average molecular weight is 218 g/mol. The summed E-state index contributed by atoms with van der Waals surface area (Å²) >= 11 is 0. The van der Waals surface area contributed by atoms with Crippen LogP contribution in [-0.4, -0.2) is 38.3 Å². The molecule has 3 rings (SSSR count). The topological polar surface area (TPSA) is 59.2 Å². The Bertz CT molecular complexity index is 487. The molecule has 0 unspecified atom stereocenters. The predicted molar refractivity (Wildman–Crippen MR) is 59.2 cm³/mol. The van der Waals surface area contributed by atoms with Gasteiger partial charge in [-0.15, -0.1) is 14.8 Å². The molecule has 0 spiro atoms. The molecule has 2 aromatic rings. The maximum Gasteiger partial charge on any atom is 0.200 e. The van der Waals surface area contributed by atoms with Gasteiger partial charge in [0, 0.05) is 13.1 Å². The molecule has 0 saturated heterocycles. The number of anilines is 1. The van der Waals surface area contributed by atoms with Gasteiger partial charge in [0.1, 0.15) is 0 Å². The first kappa shape index (κ1) is 9.50. The Labute approximate surface area is 93.2 Å². The highest BCUT2D eigenvalue weighted by atomic mass is 15.6. The fourth-order valence-electron chi connectivity index (χ4n) is 2.31. The lowest BCUT2D eigenvalue weighted by Gasteiger charge is -2.24. The average Bonchev–Trinajstić information content (AvgIpc) is 2.98. The van der Waals surface area contributed by atoms with Gasteiger partial charge >= 0.3 is 0 Å². The summed E-state index contributed by atoms with van der Waals surface area (Å²) in [5.74, 6) is 0.937. The zero-order chi connectivity index (χ0) is 11.0. The van der Waals surface area contributed by atoms with Crippen molar-refractivity contribution in [3.05, 3.63) is 12.1 Å². The number of nitrogens with zero attached hydrogens (tertiary/aromatic N) is 6. The van der Waals surface area contributed by atoms with Crippen molar-refractivity contribution in [1.82, 2.24) is 25.3 Å². The van der Waals surface area contributed by atoms with Crippen molar-refractivity contribution in [3.63, 3.8) is 0 Å². The lowest BCUT2D eigenvalue weighted by Crippen LogP contribution is -2.30. The number of rotatable bonds is 2. The number of fused-ring (bicyclic) bond motifs is 1. The molecule has 0 atom stereocenters. The minimum atomic E-state index is 0.612. The molecule has 1 fully saturated rings. The molecule has 0 amide bonds. The van der Waals surface area contributed by atoms with E-state index in [0.29, 0.717) is 11.7 Å². The van der Waals surface area contributed by atoms with Crippen LogP contribution in [0.5, 0.6) is 0 Å². The van der Waals surface area contributed by atoms with Gasteiger partial charge in [-0.3, -0.25) is 0 Å². The molecule has 1 saturated carbocycles. The Hall–Kier alpha value is -1.72. The summed E-state index contributed by atoms with van der Waals surface area (Å²) in [6, 6.07) is 4.49. The van der Waals surface area contributed by atoms with E-state index >= 15 is 0 Å². The molecule has 2 aromatic heterocycles. The maximum absolute atomic E-state index is 4.39. The second-order valence-electron chi connectivity index (χ2n) is 4.27. The van der Waals surface area contributed by atoms with Crippen LogP contribution in [0.2, 0.25) is 0 Å². The fourth-order valence-corrected chi connectivity index (χ4v) is 2.31. The van der Waals surface area contributed by atoms with Gasteiger partial charge in [-0.25, -0.2) is 0 Å². The van der Waals surface area contributed by atoms with Crippen LogP contribution in [-0.2, 0) is 0 Å². The van der Waals surface area contributed by atoms with Gasteiger partial charge in [0.2, 0.25) is 0 Å². The van der Waals surface area contributed by atoms with Crippen molar-refractivity contribution in [3.8, 4) is 0 Å². The van der Waals surface area contributed by atoms with Gasteiger partial charge < -0.3 is 4.90 Å². The van der Waals surface area contributed by atoms with E-state index in [1.54, 1.807) is 0 Å². The van der Waals surface area contributed by atoms with Crippen molar-refractivity contribution in [1.29, 1.82) is 0 Å². The van der Waals surface area contributed by atoms with Gasteiger partial charge in [-0.1, -0.05) is 12.8 Å². The van der Waals surface area contributed by atoms with E-state index in [-0.39, 0.29) is 0 Å². The van der Waals surface area contributed by atoms with E-state index in [9.17, 15) is 0 Å². The van der Waals surface area contributed by atoms with Crippen molar-refractivity contribution < 1.29 is 0 Å². The third-order valence-corrected chi connectivity index (χ3v) is 3.29. The third-order valence-electron chi connectivity index (χ3n) is 3.29. The van der Waals surface area contributed by atoms with E-state index in [0.717, 1.165) is 5.82 Å². The molecule has 0 radical (unpaired) electrons. The summed E-state index contributed by atoms with van der Waals surface area (Å²) in [5.41, 5.74) is 0.684.